The van der Waals surface area contributed by atoms with Crippen molar-refractivity contribution in [1.82, 2.24) is 15.3 Å². The minimum absolute atomic E-state index is 0.793. The Hall–Kier alpha value is -1.13. The standard InChI is InChI=1S/C12H14BrN3/c1-8-3-4-9(13)5-10(8)12-11(6-14-2)15-7-16-12/h3-5,7,14H,6H2,1-2H3,(H,15,16). The average molecular weight is 280 g/mol. The van der Waals surface area contributed by atoms with Crippen LogP contribution in [0.3, 0.4) is 0 Å². The van der Waals surface area contributed by atoms with Crippen molar-refractivity contribution in [2.75, 3.05) is 7.05 Å². The van der Waals surface area contributed by atoms with E-state index in [2.05, 4.69) is 50.3 Å². The van der Waals surface area contributed by atoms with Gasteiger partial charge in [0.15, 0.2) is 0 Å². The SMILES string of the molecule is CNCc1[nH]cnc1-c1cc(Br)ccc1C. The highest BCUT2D eigenvalue weighted by atomic mass is 79.9. The van der Waals surface area contributed by atoms with Crippen molar-refractivity contribution in [3.63, 3.8) is 0 Å². The van der Waals surface area contributed by atoms with E-state index in [1.807, 2.05) is 13.1 Å². The predicted molar refractivity (Wildman–Crippen MR) is 69.2 cm³/mol. The third kappa shape index (κ3) is 2.18. The van der Waals surface area contributed by atoms with Crippen LogP contribution in [0.4, 0.5) is 0 Å². The second-order valence-corrected chi connectivity index (χ2v) is 4.63. The maximum atomic E-state index is 4.39. The number of hydrogen-bond donors (Lipinski definition) is 2. The molecule has 1 aromatic heterocycles. The molecule has 0 saturated carbocycles. The molecule has 2 aromatic rings. The van der Waals surface area contributed by atoms with Crippen molar-refractivity contribution >= 4 is 15.9 Å². The predicted octanol–water partition coefficient (Wildman–Crippen LogP) is 2.87. The third-order valence-electron chi connectivity index (χ3n) is 2.53. The molecule has 16 heavy (non-hydrogen) atoms. The van der Waals surface area contributed by atoms with Crippen LogP contribution in [0.2, 0.25) is 0 Å². The van der Waals surface area contributed by atoms with Gasteiger partial charge in [0.25, 0.3) is 0 Å². The molecule has 84 valence electrons. The molecule has 2 N–H and O–H groups in total. The van der Waals surface area contributed by atoms with Gasteiger partial charge in [-0.15, -0.1) is 0 Å². The Bertz CT molecular complexity index is 491. The van der Waals surface area contributed by atoms with Gasteiger partial charge in [0, 0.05) is 16.6 Å². The molecule has 0 saturated heterocycles. The molecule has 1 aromatic carbocycles. The number of benzene rings is 1. The van der Waals surface area contributed by atoms with Gasteiger partial charge in [-0.05, 0) is 31.7 Å². The Morgan fingerprint density at radius 1 is 1.44 bits per heavy atom. The topological polar surface area (TPSA) is 40.7 Å². The van der Waals surface area contributed by atoms with Gasteiger partial charge in [-0.25, -0.2) is 4.98 Å². The summed E-state index contributed by atoms with van der Waals surface area (Å²) < 4.78 is 1.08. The summed E-state index contributed by atoms with van der Waals surface area (Å²) in [6, 6.07) is 6.24. The largest absolute Gasteiger partial charge is 0.347 e. The molecule has 0 spiro atoms. The van der Waals surface area contributed by atoms with E-state index in [1.54, 1.807) is 6.33 Å². The number of imidazole rings is 1. The quantitative estimate of drug-likeness (QED) is 0.907. The van der Waals surface area contributed by atoms with E-state index in [9.17, 15) is 0 Å². The van der Waals surface area contributed by atoms with Gasteiger partial charge in [-0.1, -0.05) is 22.0 Å². The summed E-state index contributed by atoms with van der Waals surface area (Å²) in [4.78, 5) is 7.55. The molecular formula is C12H14BrN3. The summed E-state index contributed by atoms with van der Waals surface area (Å²) in [7, 11) is 1.93. The Kier molecular flexibility index (Phi) is 3.41. The molecule has 0 atom stereocenters. The first-order valence-electron chi connectivity index (χ1n) is 5.15. The van der Waals surface area contributed by atoms with Crippen LogP contribution in [0.15, 0.2) is 29.0 Å². The zero-order valence-corrected chi connectivity index (χ0v) is 10.9. The van der Waals surface area contributed by atoms with E-state index in [0.717, 1.165) is 22.4 Å². The lowest BCUT2D eigenvalue weighted by Gasteiger charge is -2.06. The first-order chi connectivity index (χ1) is 7.72. The van der Waals surface area contributed by atoms with Gasteiger partial charge in [0.2, 0.25) is 0 Å². The molecule has 0 amide bonds. The maximum Gasteiger partial charge on any atom is 0.0929 e. The number of H-pyrrole nitrogens is 1. The first-order valence-corrected chi connectivity index (χ1v) is 5.95. The minimum Gasteiger partial charge on any atom is -0.347 e. The number of aromatic amines is 1. The summed E-state index contributed by atoms with van der Waals surface area (Å²) in [5.74, 6) is 0. The van der Waals surface area contributed by atoms with E-state index in [4.69, 9.17) is 0 Å². The summed E-state index contributed by atoms with van der Waals surface area (Å²) in [5.41, 5.74) is 4.53. The summed E-state index contributed by atoms with van der Waals surface area (Å²) in [6.07, 6.45) is 1.74. The van der Waals surface area contributed by atoms with Crippen molar-refractivity contribution in [2.45, 2.75) is 13.5 Å². The fourth-order valence-electron chi connectivity index (χ4n) is 1.71. The number of rotatable bonds is 3. The van der Waals surface area contributed by atoms with Crippen LogP contribution in [-0.4, -0.2) is 17.0 Å². The van der Waals surface area contributed by atoms with Gasteiger partial charge in [-0.3, -0.25) is 0 Å². The van der Waals surface area contributed by atoms with Crippen molar-refractivity contribution in [2.24, 2.45) is 0 Å². The molecule has 1 heterocycles. The Morgan fingerprint density at radius 3 is 3.00 bits per heavy atom. The van der Waals surface area contributed by atoms with Crippen LogP contribution in [-0.2, 0) is 6.54 Å². The first kappa shape index (κ1) is 11.4. The molecule has 0 bridgehead atoms. The van der Waals surface area contributed by atoms with Gasteiger partial charge in [0.05, 0.1) is 17.7 Å². The van der Waals surface area contributed by atoms with E-state index in [1.165, 1.54) is 11.1 Å². The van der Waals surface area contributed by atoms with Gasteiger partial charge < -0.3 is 10.3 Å². The van der Waals surface area contributed by atoms with E-state index in [-0.39, 0.29) is 0 Å². The van der Waals surface area contributed by atoms with E-state index >= 15 is 0 Å². The molecule has 3 nitrogen and oxygen atoms in total. The zero-order valence-electron chi connectivity index (χ0n) is 9.34. The smallest absolute Gasteiger partial charge is 0.0929 e. The maximum absolute atomic E-state index is 4.39. The summed E-state index contributed by atoms with van der Waals surface area (Å²) >= 11 is 3.49. The number of hydrogen-bond acceptors (Lipinski definition) is 2. The molecule has 0 aliphatic carbocycles. The highest BCUT2D eigenvalue weighted by Crippen LogP contribution is 2.27. The summed E-state index contributed by atoms with van der Waals surface area (Å²) in [6.45, 7) is 2.89. The summed E-state index contributed by atoms with van der Waals surface area (Å²) in [5, 5.41) is 3.13. The van der Waals surface area contributed by atoms with E-state index < -0.39 is 0 Å². The number of nitrogens with zero attached hydrogens (tertiary/aromatic N) is 1. The highest BCUT2D eigenvalue weighted by Gasteiger charge is 2.10. The van der Waals surface area contributed by atoms with E-state index in [0.29, 0.717) is 0 Å². The molecule has 2 rings (SSSR count). The van der Waals surface area contributed by atoms with Gasteiger partial charge in [-0.2, -0.15) is 0 Å². The average Bonchev–Trinajstić information content (AvgIpc) is 2.70. The third-order valence-corrected chi connectivity index (χ3v) is 3.02. The lowest BCUT2D eigenvalue weighted by atomic mass is 10.0. The second-order valence-electron chi connectivity index (χ2n) is 3.72. The van der Waals surface area contributed by atoms with Crippen LogP contribution < -0.4 is 5.32 Å². The van der Waals surface area contributed by atoms with Crippen molar-refractivity contribution in [3.05, 3.63) is 40.3 Å². The Morgan fingerprint density at radius 2 is 2.25 bits per heavy atom. The van der Waals surface area contributed by atoms with Gasteiger partial charge >= 0.3 is 0 Å². The minimum atomic E-state index is 0.793. The van der Waals surface area contributed by atoms with Crippen LogP contribution in [0, 0.1) is 6.92 Å². The number of aryl methyl sites for hydroxylation is 1. The fourth-order valence-corrected chi connectivity index (χ4v) is 2.08. The normalized spacial score (nSPS) is 10.7. The number of nitrogens with one attached hydrogen (secondary N) is 2. The Labute approximate surface area is 103 Å². The number of halogens is 1. The van der Waals surface area contributed by atoms with Crippen molar-refractivity contribution < 1.29 is 0 Å². The van der Waals surface area contributed by atoms with Crippen molar-refractivity contribution in [1.29, 1.82) is 0 Å². The molecular weight excluding hydrogens is 266 g/mol. The zero-order chi connectivity index (χ0) is 11.5. The van der Waals surface area contributed by atoms with Crippen LogP contribution >= 0.6 is 15.9 Å². The highest BCUT2D eigenvalue weighted by molar-refractivity contribution is 9.10. The van der Waals surface area contributed by atoms with Gasteiger partial charge in [0.1, 0.15) is 0 Å². The Balaban J connectivity index is 2.49. The molecule has 0 radical (unpaired) electrons. The monoisotopic (exact) mass is 279 g/mol. The lowest BCUT2D eigenvalue weighted by molar-refractivity contribution is 0.798. The van der Waals surface area contributed by atoms with Crippen LogP contribution in [0.5, 0.6) is 0 Å². The van der Waals surface area contributed by atoms with Crippen LogP contribution in [0.1, 0.15) is 11.3 Å². The molecule has 4 heteroatoms. The van der Waals surface area contributed by atoms with Crippen molar-refractivity contribution in [3.8, 4) is 11.3 Å². The molecule has 0 unspecified atom stereocenters. The number of aromatic nitrogens is 2. The second kappa shape index (κ2) is 4.80. The molecule has 0 fully saturated rings. The molecule has 0 aliphatic heterocycles. The fraction of sp³-hybridized carbons (Fsp3) is 0.250. The van der Waals surface area contributed by atoms with Crippen LogP contribution in [0.25, 0.3) is 11.3 Å². The lowest BCUT2D eigenvalue weighted by Crippen LogP contribution is -2.06. The molecule has 0 aliphatic rings.